The Balaban J connectivity index is 1.47. The molecule has 8 nitrogen and oxygen atoms in total. The fourth-order valence-corrected chi connectivity index (χ4v) is 3.75. The Bertz CT molecular complexity index is 1290. The number of amides is 2. The minimum atomic E-state index is -0.545. The molecule has 1 unspecified atom stereocenters. The van der Waals surface area contributed by atoms with Crippen LogP contribution < -0.4 is 10.8 Å². The van der Waals surface area contributed by atoms with Gasteiger partial charge in [-0.15, -0.1) is 5.10 Å². The first kappa shape index (κ1) is 23.8. The topological polar surface area (TPSA) is 109 Å². The van der Waals surface area contributed by atoms with Crippen molar-refractivity contribution in [3.05, 3.63) is 108 Å². The van der Waals surface area contributed by atoms with Crippen molar-refractivity contribution in [2.45, 2.75) is 25.4 Å². The normalized spacial score (nSPS) is 11.6. The smallest absolute Gasteiger partial charge is 0.251 e. The maximum atomic E-state index is 13.1. The lowest BCUT2D eigenvalue weighted by molar-refractivity contribution is -0.130. The number of benzene rings is 3. The monoisotopic (exact) mass is 473 g/mol. The second kappa shape index (κ2) is 11.2. The predicted molar refractivity (Wildman–Crippen MR) is 127 cm³/mol. The lowest BCUT2D eigenvalue weighted by Crippen LogP contribution is -2.25. The van der Waals surface area contributed by atoms with Gasteiger partial charge < -0.3 is 5.32 Å². The molecule has 4 rings (SSSR count). The SMILES string of the molecule is O=C(CC(Cc1cccc(-c2ccccc2)c1)n1cc(CNC(=O)c2ccc(F)cc2)nn1)NO. The van der Waals surface area contributed by atoms with E-state index < -0.39 is 17.8 Å². The van der Waals surface area contributed by atoms with E-state index in [1.54, 1.807) is 16.4 Å². The van der Waals surface area contributed by atoms with E-state index in [9.17, 15) is 14.0 Å². The summed E-state index contributed by atoms with van der Waals surface area (Å²) in [6.07, 6.45) is 2.11. The summed E-state index contributed by atoms with van der Waals surface area (Å²) in [5.41, 5.74) is 5.62. The Kier molecular flexibility index (Phi) is 7.59. The molecule has 0 radical (unpaired) electrons. The highest BCUT2D eigenvalue weighted by atomic mass is 19.1. The molecule has 0 aliphatic heterocycles. The Morgan fingerprint density at radius 1 is 0.971 bits per heavy atom. The molecule has 0 saturated carbocycles. The number of aromatic nitrogens is 3. The van der Waals surface area contributed by atoms with Crippen LogP contribution in [0.1, 0.15) is 34.1 Å². The van der Waals surface area contributed by atoms with Crippen LogP contribution in [-0.4, -0.2) is 32.0 Å². The fourth-order valence-electron chi connectivity index (χ4n) is 3.75. The Morgan fingerprint density at radius 2 is 1.71 bits per heavy atom. The highest BCUT2D eigenvalue weighted by Gasteiger charge is 2.19. The van der Waals surface area contributed by atoms with Gasteiger partial charge >= 0.3 is 0 Å². The van der Waals surface area contributed by atoms with Crippen molar-refractivity contribution >= 4 is 11.8 Å². The molecule has 3 aromatic carbocycles. The van der Waals surface area contributed by atoms with E-state index in [1.165, 1.54) is 24.3 Å². The summed E-state index contributed by atoms with van der Waals surface area (Å²) in [5, 5.41) is 20.0. The molecule has 0 aliphatic rings. The second-order valence-corrected chi connectivity index (χ2v) is 8.04. The molecule has 4 aromatic rings. The average molecular weight is 474 g/mol. The standard InChI is InChI=1S/C26H24FN5O3/c27-22-11-9-20(10-12-22)26(34)28-16-23-17-32(31-29-23)24(15-25(33)30-35)14-18-5-4-8-21(13-18)19-6-2-1-3-7-19/h1-13,17,24,35H,14-16H2,(H,28,34)(H,30,33). The summed E-state index contributed by atoms with van der Waals surface area (Å²) >= 11 is 0. The molecule has 1 atom stereocenters. The molecule has 0 aliphatic carbocycles. The van der Waals surface area contributed by atoms with Crippen LogP contribution in [0.4, 0.5) is 4.39 Å². The van der Waals surface area contributed by atoms with Gasteiger partial charge in [0.05, 0.1) is 25.2 Å². The first-order valence-corrected chi connectivity index (χ1v) is 11.0. The number of hydroxylamine groups is 1. The summed E-state index contributed by atoms with van der Waals surface area (Å²) in [5.74, 6) is -1.33. The quantitative estimate of drug-likeness (QED) is 0.254. The summed E-state index contributed by atoms with van der Waals surface area (Å²) < 4.78 is 14.6. The van der Waals surface area contributed by atoms with Crippen LogP contribution in [-0.2, 0) is 17.8 Å². The maximum Gasteiger partial charge on any atom is 0.251 e. The van der Waals surface area contributed by atoms with E-state index in [1.807, 2.05) is 48.5 Å². The Hall–Kier alpha value is -4.37. The van der Waals surface area contributed by atoms with E-state index >= 15 is 0 Å². The molecule has 1 aromatic heterocycles. The second-order valence-electron chi connectivity index (χ2n) is 8.04. The summed E-state index contributed by atoms with van der Waals surface area (Å²) in [6, 6.07) is 22.8. The third-order valence-corrected chi connectivity index (χ3v) is 5.52. The van der Waals surface area contributed by atoms with Crippen LogP contribution in [0.25, 0.3) is 11.1 Å². The first-order chi connectivity index (χ1) is 17.0. The number of halogens is 1. The van der Waals surface area contributed by atoms with Crippen molar-refractivity contribution in [3.63, 3.8) is 0 Å². The van der Waals surface area contributed by atoms with Crippen molar-refractivity contribution in [1.82, 2.24) is 25.8 Å². The van der Waals surface area contributed by atoms with E-state index in [4.69, 9.17) is 5.21 Å². The van der Waals surface area contributed by atoms with Crippen molar-refractivity contribution in [3.8, 4) is 11.1 Å². The van der Waals surface area contributed by atoms with Crippen LogP contribution in [0.15, 0.2) is 85.1 Å². The zero-order valence-electron chi connectivity index (χ0n) is 18.8. The highest BCUT2D eigenvalue weighted by molar-refractivity contribution is 5.94. The van der Waals surface area contributed by atoms with E-state index in [2.05, 4.69) is 21.7 Å². The van der Waals surface area contributed by atoms with Gasteiger partial charge in [0.2, 0.25) is 5.91 Å². The van der Waals surface area contributed by atoms with Crippen LogP contribution in [0.3, 0.4) is 0 Å². The molecular formula is C26H24FN5O3. The maximum absolute atomic E-state index is 13.1. The van der Waals surface area contributed by atoms with E-state index in [0.29, 0.717) is 17.7 Å². The Morgan fingerprint density at radius 3 is 2.46 bits per heavy atom. The molecule has 9 heteroatoms. The molecule has 0 bridgehead atoms. The zero-order chi connectivity index (χ0) is 24.6. The third-order valence-electron chi connectivity index (χ3n) is 5.52. The lowest BCUT2D eigenvalue weighted by atomic mass is 9.98. The molecule has 178 valence electrons. The van der Waals surface area contributed by atoms with Crippen LogP contribution in [0, 0.1) is 5.82 Å². The van der Waals surface area contributed by atoms with Gasteiger partial charge in [0, 0.05) is 5.56 Å². The summed E-state index contributed by atoms with van der Waals surface area (Å²) in [7, 11) is 0. The van der Waals surface area contributed by atoms with Gasteiger partial charge in [0.25, 0.3) is 5.91 Å². The van der Waals surface area contributed by atoms with E-state index in [-0.39, 0.29) is 18.9 Å². The molecule has 35 heavy (non-hydrogen) atoms. The van der Waals surface area contributed by atoms with Gasteiger partial charge in [0.1, 0.15) is 11.5 Å². The van der Waals surface area contributed by atoms with Crippen LogP contribution in [0.5, 0.6) is 0 Å². The number of hydrogen-bond donors (Lipinski definition) is 3. The number of carbonyl (C=O) groups excluding carboxylic acids is 2. The number of rotatable bonds is 9. The molecule has 0 spiro atoms. The average Bonchev–Trinajstić information content (AvgIpc) is 3.37. The number of hydrogen-bond acceptors (Lipinski definition) is 5. The van der Waals surface area contributed by atoms with Crippen molar-refractivity contribution in [1.29, 1.82) is 0 Å². The zero-order valence-corrected chi connectivity index (χ0v) is 18.8. The lowest BCUT2D eigenvalue weighted by Gasteiger charge is -2.16. The summed E-state index contributed by atoms with van der Waals surface area (Å²) in [4.78, 5) is 24.2. The van der Waals surface area contributed by atoms with Crippen molar-refractivity contribution in [2.75, 3.05) is 0 Å². The van der Waals surface area contributed by atoms with Crippen molar-refractivity contribution < 1.29 is 19.2 Å². The number of carbonyl (C=O) groups is 2. The molecule has 0 fully saturated rings. The third kappa shape index (κ3) is 6.36. The number of nitrogens with one attached hydrogen (secondary N) is 2. The first-order valence-electron chi connectivity index (χ1n) is 11.0. The van der Waals surface area contributed by atoms with Crippen LogP contribution in [0.2, 0.25) is 0 Å². The van der Waals surface area contributed by atoms with Gasteiger partial charge in [-0.1, -0.05) is 59.8 Å². The van der Waals surface area contributed by atoms with Crippen LogP contribution >= 0.6 is 0 Å². The number of nitrogens with zero attached hydrogens (tertiary/aromatic N) is 3. The van der Waals surface area contributed by atoms with Gasteiger partial charge in [-0.3, -0.25) is 14.8 Å². The minimum absolute atomic E-state index is 0.0171. The van der Waals surface area contributed by atoms with Gasteiger partial charge in [-0.25, -0.2) is 14.6 Å². The predicted octanol–water partition coefficient (Wildman–Crippen LogP) is 3.69. The Labute approximate surface area is 201 Å². The molecule has 0 saturated heterocycles. The minimum Gasteiger partial charge on any atom is -0.346 e. The van der Waals surface area contributed by atoms with Gasteiger partial charge in [-0.05, 0) is 47.4 Å². The molecule has 2 amide bonds. The molecule has 1 heterocycles. The largest absolute Gasteiger partial charge is 0.346 e. The van der Waals surface area contributed by atoms with Crippen molar-refractivity contribution in [2.24, 2.45) is 0 Å². The molecular weight excluding hydrogens is 449 g/mol. The van der Waals surface area contributed by atoms with Gasteiger partial charge in [-0.2, -0.15) is 0 Å². The highest BCUT2D eigenvalue weighted by Crippen LogP contribution is 2.24. The molecule has 3 N–H and O–H groups in total. The van der Waals surface area contributed by atoms with E-state index in [0.717, 1.165) is 16.7 Å². The summed E-state index contributed by atoms with van der Waals surface area (Å²) in [6.45, 7) is 0.110. The van der Waals surface area contributed by atoms with Gasteiger partial charge in [0.15, 0.2) is 0 Å². The fraction of sp³-hybridized carbons (Fsp3) is 0.154.